The first kappa shape index (κ1) is 15.4. The average Bonchev–Trinajstić information content (AvgIpc) is 3.24. The zero-order valence-corrected chi connectivity index (χ0v) is 13.6. The van der Waals surface area contributed by atoms with Crippen molar-refractivity contribution in [3.05, 3.63) is 53.4 Å². The van der Waals surface area contributed by atoms with Gasteiger partial charge in [-0.15, -0.1) is 0 Å². The Hall–Kier alpha value is -2.14. The summed E-state index contributed by atoms with van der Waals surface area (Å²) in [6.45, 7) is 2.22. The van der Waals surface area contributed by atoms with Crippen LogP contribution in [0.1, 0.15) is 36.1 Å². The molecule has 2 heterocycles. The summed E-state index contributed by atoms with van der Waals surface area (Å²) in [5.41, 5.74) is 2.69. The Bertz CT molecular complexity index is 727. The molecule has 126 valence electrons. The lowest BCUT2D eigenvalue weighted by atomic mass is 9.81. The number of carboxylic acids is 1. The number of carboxylic acid groups (broad SMARTS) is 1. The first-order valence-electron chi connectivity index (χ1n) is 8.59. The van der Waals surface area contributed by atoms with Gasteiger partial charge in [0.1, 0.15) is 6.26 Å². The smallest absolute Gasteiger partial charge is 0.311 e. The molecule has 0 spiro atoms. The van der Waals surface area contributed by atoms with E-state index in [9.17, 15) is 9.90 Å². The maximum Gasteiger partial charge on any atom is 0.311 e. The molecule has 1 aromatic heterocycles. The number of rotatable bonds is 5. The van der Waals surface area contributed by atoms with Crippen molar-refractivity contribution in [2.24, 2.45) is 11.3 Å². The molecule has 5 heteroatoms. The number of likely N-dealkylation sites (tertiary alicyclic amines) is 1. The molecular formula is C19H22N2O3. The number of aliphatic carboxylic acids is 1. The van der Waals surface area contributed by atoms with Crippen LogP contribution in [0.4, 0.5) is 0 Å². The molecule has 1 aromatic carbocycles. The number of fused-ring (bicyclic) bond motifs is 1. The minimum Gasteiger partial charge on any atom is -0.481 e. The van der Waals surface area contributed by atoms with E-state index in [2.05, 4.69) is 22.2 Å². The molecule has 4 rings (SSSR count). The van der Waals surface area contributed by atoms with E-state index in [-0.39, 0.29) is 5.92 Å². The van der Waals surface area contributed by atoms with Crippen molar-refractivity contribution < 1.29 is 14.4 Å². The summed E-state index contributed by atoms with van der Waals surface area (Å²) < 4.78 is 5.20. The van der Waals surface area contributed by atoms with E-state index < -0.39 is 11.4 Å². The minimum atomic E-state index is -0.623. The van der Waals surface area contributed by atoms with Crippen LogP contribution in [0.25, 0.3) is 0 Å². The Morgan fingerprint density at radius 3 is 2.96 bits per heavy atom. The Kier molecular flexibility index (Phi) is 3.88. The minimum absolute atomic E-state index is 0.285. The number of hydrogen-bond donors (Lipinski definition) is 1. The number of hydrogen-bond acceptors (Lipinski definition) is 4. The number of benzene rings is 1. The molecule has 0 amide bonds. The van der Waals surface area contributed by atoms with Gasteiger partial charge in [-0.3, -0.25) is 9.69 Å². The van der Waals surface area contributed by atoms with Crippen molar-refractivity contribution in [2.45, 2.75) is 32.2 Å². The Labute approximate surface area is 141 Å². The number of aromatic nitrogens is 1. The molecule has 2 fully saturated rings. The summed E-state index contributed by atoms with van der Waals surface area (Å²) in [4.78, 5) is 14.1. The predicted octanol–water partition coefficient (Wildman–Crippen LogP) is 2.95. The monoisotopic (exact) mass is 326 g/mol. The SMILES string of the molecule is O=C(O)[C@@]12CCC[C@H]1CN(Cc1conc1Cc1ccccc1)C2. The molecule has 1 aliphatic heterocycles. The van der Waals surface area contributed by atoms with E-state index in [1.807, 2.05) is 18.2 Å². The van der Waals surface area contributed by atoms with Gasteiger partial charge < -0.3 is 9.63 Å². The first-order valence-corrected chi connectivity index (χ1v) is 8.59. The third kappa shape index (κ3) is 2.63. The lowest BCUT2D eigenvalue weighted by Gasteiger charge is -2.23. The van der Waals surface area contributed by atoms with E-state index in [0.717, 1.165) is 50.0 Å². The van der Waals surface area contributed by atoms with Crippen molar-refractivity contribution in [1.82, 2.24) is 10.1 Å². The summed E-state index contributed by atoms with van der Waals surface area (Å²) in [6.07, 6.45) is 5.33. The van der Waals surface area contributed by atoms with Gasteiger partial charge in [-0.1, -0.05) is 41.9 Å². The highest BCUT2D eigenvalue weighted by Crippen LogP contribution is 2.49. The van der Waals surface area contributed by atoms with Gasteiger partial charge in [-0.05, 0) is 24.3 Å². The van der Waals surface area contributed by atoms with Crippen LogP contribution in [0.2, 0.25) is 0 Å². The van der Waals surface area contributed by atoms with Gasteiger partial charge in [0.25, 0.3) is 0 Å². The molecule has 2 atom stereocenters. The molecule has 2 aromatic rings. The van der Waals surface area contributed by atoms with Crippen LogP contribution in [0.3, 0.4) is 0 Å². The van der Waals surface area contributed by atoms with Crippen LogP contribution < -0.4 is 0 Å². The Morgan fingerprint density at radius 2 is 2.21 bits per heavy atom. The van der Waals surface area contributed by atoms with Crippen LogP contribution in [0, 0.1) is 11.3 Å². The van der Waals surface area contributed by atoms with Gasteiger partial charge in [-0.2, -0.15) is 0 Å². The van der Waals surface area contributed by atoms with Gasteiger partial charge in [0.05, 0.1) is 11.1 Å². The normalized spacial score (nSPS) is 26.6. The van der Waals surface area contributed by atoms with Gasteiger partial charge in [0.2, 0.25) is 0 Å². The van der Waals surface area contributed by atoms with Crippen molar-refractivity contribution in [3.8, 4) is 0 Å². The van der Waals surface area contributed by atoms with E-state index in [4.69, 9.17) is 4.52 Å². The fraction of sp³-hybridized carbons (Fsp3) is 0.474. The number of nitrogens with zero attached hydrogens (tertiary/aromatic N) is 2. The van der Waals surface area contributed by atoms with Crippen LogP contribution in [0.5, 0.6) is 0 Å². The summed E-state index contributed by atoms with van der Waals surface area (Å²) in [7, 11) is 0. The van der Waals surface area contributed by atoms with Crippen LogP contribution in [0.15, 0.2) is 41.1 Å². The first-order chi connectivity index (χ1) is 11.7. The quantitative estimate of drug-likeness (QED) is 0.915. The van der Waals surface area contributed by atoms with Crippen molar-refractivity contribution in [3.63, 3.8) is 0 Å². The second-order valence-electron chi connectivity index (χ2n) is 7.17. The van der Waals surface area contributed by atoms with Crippen LogP contribution in [-0.4, -0.2) is 34.2 Å². The molecule has 1 saturated heterocycles. The summed E-state index contributed by atoms with van der Waals surface area (Å²) in [5, 5.41) is 13.9. The lowest BCUT2D eigenvalue weighted by Crippen LogP contribution is -2.35. The fourth-order valence-corrected chi connectivity index (χ4v) is 4.45. The van der Waals surface area contributed by atoms with Crippen LogP contribution in [-0.2, 0) is 17.8 Å². The van der Waals surface area contributed by atoms with Gasteiger partial charge in [0.15, 0.2) is 0 Å². The molecule has 0 radical (unpaired) electrons. The maximum atomic E-state index is 11.8. The molecule has 5 nitrogen and oxygen atoms in total. The largest absolute Gasteiger partial charge is 0.481 e. The highest BCUT2D eigenvalue weighted by Gasteiger charge is 2.54. The zero-order chi connectivity index (χ0) is 16.6. The van der Waals surface area contributed by atoms with Crippen LogP contribution >= 0.6 is 0 Å². The molecule has 0 bridgehead atoms. The number of carbonyl (C=O) groups is 1. The maximum absolute atomic E-state index is 11.8. The van der Waals surface area contributed by atoms with Gasteiger partial charge in [0, 0.05) is 31.6 Å². The van der Waals surface area contributed by atoms with Gasteiger partial charge in [-0.25, -0.2) is 0 Å². The molecule has 2 aliphatic rings. The molecule has 0 unspecified atom stereocenters. The zero-order valence-electron chi connectivity index (χ0n) is 13.6. The molecule has 1 saturated carbocycles. The predicted molar refractivity (Wildman–Crippen MR) is 88.4 cm³/mol. The lowest BCUT2D eigenvalue weighted by molar-refractivity contribution is -0.149. The van der Waals surface area contributed by atoms with Crippen molar-refractivity contribution in [1.29, 1.82) is 0 Å². The Balaban J connectivity index is 1.48. The van der Waals surface area contributed by atoms with E-state index in [0.29, 0.717) is 6.54 Å². The van der Waals surface area contributed by atoms with Crippen molar-refractivity contribution >= 4 is 5.97 Å². The van der Waals surface area contributed by atoms with Gasteiger partial charge >= 0.3 is 5.97 Å². The second-order valence-corrected chi connectivity index (χ2v) is 7.17. The standard InChI is InChI=1S/C19H22N2O3/c22-18(23)19-8-4-7-16(19)11-21(13-19)10-15-12-24-20-17(15)9-14-5-2-1-3-6-14/h1-3,5-6,12,16H,4,7-11,13H2,(H,22,23)/t16-,19+/m0/s1. The fourth-order valence-electron chi connectivity index (χ4n) is 4.45. The molecule has 1 aliphatic carbocycles. The third-order valence-corrected chi connectivity index (χ3v) is 5.70. The van der Waals surface area contributed by atoms with Crippen molar-refractivity contribution in [2.75, 3.05) is 13.1 Å². The highest BCUT2D eigenvalue weighted by atomic mass is 16.5. The highest BCUT2D eigenvalue weighted by molar-refractivity contribution is 5.76. The summed E-state index contributed by atoms with van der Waals surface area (Å²) >= 11 is 0. The molecule has 1 N–H and O–H groups in total. The topological polar surface area (TPSA) is 66.6 Å². The third-order valence-electron chi connectivity index (χ3n) is 5.70. The average molecular weight is 326 g/mol. The molecular weight excluding hydrogens is 304 g/mol. The summed E-state index contributed by atoms with van der Waals surface area (Å²) in [6, 6.07) is 10.2. The van der Waals surface area contributed by atoms with E-state index in [1.165, 1.54) is 5.56 Å². The summed E-state index contributed by atoms with van der Waals surface area (Å²) in [5.74, 6) is -0.338. The Morgan fingerprint density at radius 1 is 1.38 bits per heavy atom. The second kappa shape index (κ2) is 6.06. The van der Waals surface area contributed by atoms with E-state index in [1.54, 1.807) is 6.26 Å². The molecule has 24 heavy (non-hydrogen) atoms. The van der Waals surface area contributed by atoms with E-state index >= 15 is 0 Å².